The van der Waals surface area contributed by atoms with Crippen LogP contribution in [0.4, 0.5) is 5.69 Å². The van der Waals surface area contributed by atoms with Gasteiger partial charge in [0.15, 0.2) is 0 Å². The second-order valence-electron chi connectivity index (χ2n) is 8.08. The molecule has 0 spiro atoms. The van der Waals surface area contributed by atoms with Gasteiger partial charge in [0.25, 0.3) is 5.91 Å². The Hall–Kier alpha value is -2.92. The molecule has 2 amide bonds. The van der Waals surface area contributed by atoms with Crippen LogP contribution in [0.5, 0.6) is 5.75 Å². The van der Waals surface area contributed by atoms with Crippen molar-refractivity contribution in [3.63, 3.8) is 0 Å². The second kappa shape index (κ2) is 10.3. The summed E-state index contributed by atoms with van der Waals surface area (Å²) in [4.78, 5) is 25.2. The molecular weight excluding hydrogens is 446 g/mol. The first-order valence-corrected chi connectivity index (χ1v) is 12.4. The molecule has 10 nitrogen and oxygen atoms in total. The maximum Gasteiger partial charge on any atom is 0.255 e. The summed E-state index contributed by atoms with van der Waals surface area (Å²) < 4.78 is 34.6. The number of anilines is 1. The van der Waals surface area contributed by atoms with Crippen LogP contribution in [0.25, 0.3) is 0 Å². The van der Waals surface area contributed by atoms with E-state index in [0.717, 1.165) is 31.4 Å². The van der Waals surface area contributed by atoms with Gasteiger partial charge in [-0.2, -0.15) is 9.40 Å². The van der Waals surface area contributed by atoms with E-state index in [0.29, 0.717) is 24.5 Å². The monoisotopic (exact) mass is 477 g/mol. The van der Waals surface area contributed by atoms with E-state index in [2.05, 4.69) is 15.7 Å². The fraction of sp³-hybridized carbons (Fsp3) is 0.500. The fourth-order valence-electron chi connectivity index (χ4n) is 3.85. The number of hydrogen-bond donors (Lipinski definition) is 2. The van der Waals surface area contributed by atoms with Crippen LogP contribution in [-0.4, -0.2) is 61.1 Å². The number of nitrogens with one attached hydrogen (secondary N) is 2. The highest BCUT2D eigenvalue weighted by Crippen LogP contribution is 2.26. The standard InChI is InChI=1S/C22H31N5O5S/c1-15-21(16(2)26(3)25-15)24-20(28)14-23-22(29)18-13-17(9-10-19(18)32-4)33(30,31)27-11-7-5-6-8-12-27/h9-10,13H,5-8,11-12,14H2,1-4H3,(H,23,29)(H,24,28). The van der Waals surface area contributed by atoms with Crippen LogP contribution in [0.2, 0.25) is 0 Å². The van der Waals surface area contributed by atoms with Gasteiger partial charge in [-0.3, -0.25) is 14.3 Å². The molecular formula is C22H31N5O5S. The lowest BCUT2D eigenvalue weighted by Gasteiger charge is -2.20. The van der Waals surface area contributed by atoms with Gasteiger partial charge >= 0.3 is 0 Å². The van der Waals surface area contributed by atoms with Gasteiger partial charge in [0, 0.05) is 20.1 Å². The highest BCUT2D eigenvalue weighted by Gasteiger charge is 2.27. The van der Waals surface area contributed by atoms with E-state index in [9.17, 15) is 18.0 Å². The summed E-state index contributed by atoms with van der Waals surface area (Å²) >= 11 is 0. The molecule has 0 bridgehead atoms. The van der Waals surface area contributed by atoms with Crippen LogP contribution in [0, 0.1) is 13.8 Å². The third-order valence-corrected chi connectivity index (χ3v) is 7.70. The lowest BCUT2D eigenvalue weighted by atomic mass is 10.2. The predicted molar refractivity (Wildman–Crippen MR) is 124 cm³/mol. The van der Waals surface area contributed by atoms with Crippen molar-refractivity contribution in [1.29, 1.82) is 0 Å². The van der Waals surface area contributed by atoms with Crippen molar-refractivity contribution in [3.8, 4) is 5.75 Å². The Morgan fingerprint density at radius 3 is 2.36 bits per heavy atom. The Kier molecular flexibility index (Phi) is 7.75. The number of ether oxygens (including phenoxy) is 1. The third kappa shape index (κ3) is 5.53. The molecule has 2 aromatic rings. The van der Waals surface area contributed by atoms with Crippen LogP contribution in [0.3, 0.4) is 0 Å². The molecule has 1 saturated heterocycles. The summed E-state index contributed by atoms with van der Waals surface area (Å²) in [6, 6.07) is 4.21. The Morgan fingerprint density at radius 1 is 1.12 bits per heavy atom. The number of benzene rings is 1. The average molecular weight is 478 g/mol. The van der Waals surface area contributed by atoms with Gasteiger partial charge in [-0.25, -0.2) is 8.42 Å². The zero-order valence-corrected chi connectivity index (χ0v) is 20.3. The van der Waals surface area contributed by atoms with Crippen molar-refractivity contribution in [2.24, 2.45) is 7.05 Å². The second-order valence-corrected chi connectivity index (χ2v) is 10.0. The number of methoxy groups -OCH3 is 1. The van der Waals surface area contributed by atoms with E-state index < -0.39 is 21.8 Å². The molecule has 1 aromatic carbocycles. The van der Waals surface area contributed by atoms with E-state index in [1.165, 1.54) is 29.6 Å². The maximum atomic E-state index is 13.1. The molecule has 0 saturated carbocycles. The Balaban J connectivity index is 1.74. The minimum Gasteiger partial charge on any atom is -0.496 e. The fourth-order valence-corrected chi connectivity index (χ4v) is 5.39. The quantitative estimate of drug-likeness (QED) is 0.629. The number of rotatable bonds is 7. The number of aromatic nitrogens is 2. The van der Waals surface area contributed by atoms with Crippen LogP contribution < -0.4 is 15.4 Å². The number of sulfonamides is 1. The van der Waals surface area contributed by atoms with Crippen LogP contribution in [0.15, 0.2) is 23.1 Å². The van der Waals surface area contributed by atoms with Crippen LogP contribution >= 0.6 is 0 Å². The van der Waals surface area contributed by atoms with Crippen molar-refractivity contribution < 1.29 is 22.7 Å². The zero-order chi connectivity index (χ0) is 24.2. The summed E-state index contributed by atoms with van der Waals surface area (Å²) in [6.07, 6.45) is 3.63. The van der Waals surface area contributed by atoms with E-state index in [-0.39, 0.29) is 22.8 Å². The molecule has 180 valence electrons. The smallest absolute Gasteiger partial charge is 0.255 e. The Labute approximate surface area is 194 Å². The molecule has 0 atom stereocenters. The van der Waals surface area contributed by atoms with E-state index in [1.54, 1.807) is 18.7 Å². The average Bonchev–Trinajstić information content (AvgIpc) is 3.00. The molecule has 0 radical (unpaired) electrons. The van der Waals surface area contributed by atoms with Crippen molar-refractivity contribution in [1.82, 2.24) is 19.4 Å². The van der Waals surface area contributed by atoms with Gasteiger partial charge in [-0.15, -0.1) is 0 Å². The SMILES string of the molecule is COc1ccc(S(=O)(=O)N2CCCCCC2)cc1C(=O)NCC(=O)Nc1c(C)nn(C)c1C. The van der Waals surface area contributed by atoms with Gasteiger partial charge in [-0.1, -0.05) is 12.8 Å². The molecule has 11 heteroatoms. The van der Waals surface area contributed by atoms with Crippen molar-refractivity contribution >= 4 is 27.5 Å². The molecule has 2 heterocycles. The van der Waals surface area contributed by atoms with E-state index >= 15 is 0 Å². The molecule has 0 aliphatic carbocycles. The summed E-state index contributed by atoms with van der Waals surface area (Å²) in [6.45, 7) is 4.24. The van der Waals surface area contributed by atoms with Gasteiger partial charge in [0.05, 0.1) is 41.2 Å². The first kappa shape index (κ1) is 24.7. The number of aryl methyl sites for hydroxylation is 2. The van der Waals surface area contributed by atoms with Crippen LogP contribution in [-0.2, 0) is 21.9 Å². The molecule has 1 aliphatic rings. The molecule has 1 aliphatic heterocycles. The molecule has 0 unspecified atom stereocenters. The minimum absolute atomic E-state index is 0.0291. The van der Waals surface area contributed by atoms with Gasteiger partial charge in [0.1, 0.15) is 5.75 Å². The topological polar surface area (TPSA) is 123 Å². The Bertz CT molecular complexity index is 1130. The summed E-state index contributed by atoms with van der Waals surface area (Å²) in [7, 11) is -0.561. The number of nitrogens with zero attached hydrogens (tertiary/aromatic N) is 3. The van der Waals surface area contributed by atoms with Gasteiger partial charge in [-0.05, 0) is 44.9 Å². The first-order valence-electron chi connectivity index (χ1n) is 10.9. The molecule has 33 heavy (non-hydrogen) atoms. The highest BCUT2D eigenvalue weighted by molar-refractivity contribution is 7.89. The predicted octanol–water partition coefficient (Wildman–Crippen LogP) is 1.98. The number of amides is 2. The van der Waals surface area contributed by atoms with Gasteiger partial charge in [0.2, 0.25) is 15.9 Å². The van der Waals surface area contributed by atoms with Crippen LogP contribution in [0.1, 0.15) is 47.4 Å². The summed E-state index contributed by atoms with van der Waals surface area (Å²) in [5, 5.41) is 9.53. The molecule has 2 N–H and O–H groups in total. The van der Waals surface area contributed by atoms with E-state index in [1.807, 2.05) is 6.92 Å². The summed E-state index contributed by atoms with van der Waals surface area (Å²) in [5.41, 5.74) is 2.11. The maximum absolute atomic E-state index is 13.1. The van der Waals surface area contributed by atoms with Gasteiger partial charge < -0.3 is 15.4 Å². The largest absolute Gasteiger partial charge is 0.496 e. The molecule has 1 fully saturated rings. The third-order valence-electron chi connectivity index (χ3n) is 5.80. The number of hydrogen-bond acceptors (Lipinski definition) is 6. The number of carbonyl (C=O) groups is 2. The molecule has 1 aromatic heterocycles. The number of carbonyl (C=O) groups excluding carboxylic acids is 2. The van der Waals surface area contributed by atoms with Crippen molar-refractivity contribution in [2.75, 3.05) is 32.1 Å². The summed E-state index contributed by atoms with van der Waals surface area (Å²) in [5.74, 6) is -0.800. The highest BCUT2D eigenvalue weighted by atomic mass is 32.2. The lowest BCUT2D eigenvalue weighted by molar-refractivity contribution is -0.115. The normalized spacial score (nSPS) is 15.0. The lowest BCUT2D eigenvalue weighted by Crippen LogP contribution is -2.34. The zero-order valence-electron chi connectivity index (χ0n) is 19.5. The Morgan fingerprint density at radius 2 is 1.79 bits per heavy atom. The van der Waals surface area contributed by atoms with E-state index in [4.69, 9.17) is 4.74 Å². The first-order chi connectivity index (χ1) is 15.6. The van der Waals surface area contributed by atoms with Crippen molar-refractivity contribution in [3.05, 3.63) is 35.2 Å². The minimum atomic E-state index is -3.74. The molecule has 3 rings (SSSR count). The van der Waals surface area contributed by atoms with Crippen molar-refractivity contribution in [2.45, 2.75) is 44.4 Å².